The molecule has 0 radical (unpaired) electrons. The number of guanidine groups is 1. The van der Waals surface area contributed by atoms with Crippen LogP contribution in [0.1, 0.15) is 32.1 Å². The lowest BCUT2D eigenvalue weighted by molar-refractivity contribution is -0.437. The van der Waals surface area contributed by atoms with E-state index in [2.05, 4.69) is 10.3 Å². The molecule has 0 aromatic heterocycles. The van der Waals surface area contributed by atoms with E-state index in [9.17, 15) is 10.1 Å². The molecule has 1 fully saturated rings. The molecule has 94 valence electrons. The zero-order valence-corrected chi connectivity index (χ0v) is 9.56. The minimum atomic E-state index is -1.28. The van der Waals surface area contributed by atoms with Gasteiger partial charge in [-0.1, -0.05) is 19.3 Å². The molecule has 7 nitrogen and oxygen atoms in total. The topological polar surface area (TPSA) is 120 Å². The first-order valence-corrected chi connectivity index (χ1v) is 5.80. The molecule has 0 saturated heterocycles. The molecule has 0 aromatic rings. The van der Waals surface area contributed by atoms with Gasteiger partial charge in [-0.2, -0.15) is 0 Å². The van der Waals surface area contributed by atoms with Crippen molar-refractivity contribution in [2.75, 3.05) is 0 Å². The molecule has 2 aliphatic rings. The summed E-state index contributed by atoms with van der Waals surface area (Å²) in [4.78, 5) is 14.6. The number of nitrogens with one attached hydrogen (secondary N) is 1. The van der Waals surface area contributed by atoms with Crippen LogP contribution >= 0.6 is 0 Å². The van der Waals surface area contributed by atoms with Gasteiger partial charge in [0.05, 0.1) is 11.1 Å². The van der Waals surface area contributed by atoms with E-state index in [1.165, 1.54) is 6.20 Å². The van der Waals surface area contributed by atoms with Gasteiger partial charge in [0.25, 0.3) is 0 Å². The molecule has 0 spiro atoms. The molecule has 0 amide bonds. The molecule has 0 aromatic carbocycles. The minimum absolute atomic E-state index is 0.00597. The average Bonchev–Trinajstić information content (AvgIpc) is 2.29. The maximum atomic E-state index is 11.0. The molecule has 1 saturated carbocycles. The lowest BCUT2D eigenvalue weighted by atomic mass is 9.78. The third kappa shape index (κ3) is 2.10. The molecule has 0 bridgehead atoms. The second-order valence-corrected chi connectivity index (χ2v) is 4.59. The fourth-order valence-electron chi connectivity index (χ4n) is 2.59. The van der Waals surface area contributed by atoms with E-state index >= 15 is 0 Å². The summed E-state index contributed by atoms with van der Waals surface area (Å²) in [6.07, 6.45) is 6.21. The summed E-state index contributed by atoms with van der Waals surface area (Å²) in [5.74, 6) is 0.136. The molecule has 1 heterocycles. The van der Waals surface area contributed by atoms with Gasteiger partial charge in [-0.15, -0.1) is 0 Å². The van der Waals surface area contributed by atoms with Crippen LogP contribution < -0.4 is 16.8 Å². The Balaban J connectivity index is 2.32. The zero-order valence-electron chi connectivity index (χ0n) is 9.56. The van der Waals surface area contributed by atoms with Crippen molar-refractivity contribution in [3.8, 4) is 0 Å². The molecule has 1 aliphatic carbocycles. The van der Waals surface area contributed by atoms with E-state index < -0.39 is 10.6 Å². The second kappa shape index (κ2) is 4.33. The molecule has 7 heteroatoms. The Morgan fingerprint density at radius 2 is 2.12 bits per heavy atom. The summed E-state index contributed by atoms with van der Waals surface area (Å²) in [6.45, 7) is 0. The highest BCUT2D eigenvalue weighted by Gasteiger charge is 2.47. The molecule has 1 aliphatic heterocycles. The van der Waals surface area contributed by atoms with Crippen LogP contribution in [-0.4, -0.2) is 16.5 Å². The van der Waals surface area contributed by atoms with Crippen LogP contribution in [0.25, 0.3) is 0 Å². The number of aliphatic imine (C=N–C) groups is 1. The van der Waals surface area contributed by atoms with Gasteiger partial charge >= 0.3 is 5.70 Å². The summed E-state index contributed by atoms with van der Waals surface area (Å²) < 4.78 is 0. The van der Waals surface area contributed by atoms with E-state index in [0.29, 0.717) is 0 Å². The minimum Gasteiger partial charge on any atom is -0.370 e. The van der Waals surface area contributed by atoms with Crippen molar-refractivity contribution in [2.45, 2.75) is 37.8 Å². The van der Waals surface area contributed by atoms with E-state index in [1.54, 1.807) is 0 Å². The van der Waals surface area contributed by atoms with Crippen molar-refractivity contribution < 1.29 is 4.92 Å². The van der Waals surface area contributed by atoms with Gasteiger partial charge < -0.3 is 11.1 Å². The van der Waals surface area contributed by atoms with Crippen molar-refractivity contribution in [1.29, 1.82) is 0 Å². The highest BCUT2D eigenvalue weighted by Crippen LogP contribution is 2.37. The van der Waals surface area contributed by atoms with E-state index in [-0.39, 0.29) is 17.6 Å². The molecule has 17 heavy (non-hydrogen) atoms. The first kappa shape index (κ1) is 11.8. The Labute approximate surface area is 99.1 Å². The van der Waals surface area contributed by atoms with Crippen LogP contribution in [-0.2, 0) is 0 Å². The van der Waals surface area contributed by atoms with Crippen molar-refractivity contribution in [3.63, 3.8) is 0 Å². The van der Waals surface area contributed by atoms with E-state index in [4.69, 9.17) is 11.5 Å². The van der Waals surface area contributed by atoms with Crippen LogP contribution in [0.5, 0.6) is 0 Å². The molecule has 2 rings (SSSR count). The Bertz CT molecular complexity index is 386. The predicted molar refractivity (Wildman–Crippen MR) is 63.3 cm³/mol. The summed E-state index contributed by atoms with van der Waals surface area (Å²) >= 11 is 0. The maximum Gasteiger partial charge on any atom is 0.304 e. The summed E-state index contributed by atoms with van der Waals surface area (Å²) in [5, 5.41) is 13.6. The number of nitro groups is 1. The van der Waals surface area contributed by atoms with Crippen molar-refractivity contribution in [2.24, 2.45) is 22.4 Å². The number of nitrogens with zero attached hydrogens (tertiary/aromatic N) is 2. The normalized spacial score (nSPS) is 30.2. The first-order chi connectivity index (χ1) is 8.04. The van der Waals surface area contributed by atoms with E-state index in [0.717, 1.165) is 32.1 Å². The molecule has 1 atom stereocenters. The Kier molecular flexibility index (Phi) is 3.01. The average molecular weight is 239 g/mol. The van der Waals surface area contributed by atoms with Crippen LogP contribution in [0.2, 0.25) is 0 Å². The number of hydrogen-bond acceptors (Lipinski definition) is 6. The van der Waals surface area contributed by atoms with Gasteiger partial charge in [0.1, 0.15) is 0 Å². The fraction of sp³-hybridized carbons (Fsp3) is 0.700. The highest BCUT2D eigenvalue weighted by molar-refractivity contribution is 5.80. The molecule has 1 unspecified atom stereocenters. The molecular formula is C10H17N5O2. The third-order valence-corrected chi connectivity index (χ3v) is 3.50. The van der Waals surface area contributed by atoms with Crippen molar-refractivity contribution >= 4 is 5.96 Å². The van der Waals surface area contributed by atoms with Crippen LogP contribution in [0.3, 0.4) is 0 Å². The summed E-state index contributed by atoms with van der Waals surface area (Å²) in [5.41, 5.74) is 10.3. The smallest absolute Gasteiger partial charge is 0.304 e. The van der Waals surface area contributed by atoms with Crippen LogP contribution in [0.4, 0.5) is 0 Å². The van der Waals surface area contributed by atoms with Gasteiger partial charge in [0.2, 0.25) is 5.66 Å². The zero-order chi connectivity index (χ0) is 12.5. The van der Waals surface area contributed by atoms with E-state index in [1.807, 2.05) is 0 Å². The Morgan fingerprint density at radius 1 is 1.47 bits per heavy atom. The van der Waals surface area contributed by atoms with Gasteiger partial charge in [0, 0.05) is 5.92 Å². The van der Waals surface area contributed by atoms with Gasteiger partial charge in [-0.3, -0.25) is 15.8 Å². The van der Waals surface area contributed by atoms with Gasteiger partial charge in [-0.05, 0) is 12.8 Å². The SMILES string of the molecule is NC1=NC(N)(C2CCCCC2)C([N+](=O)[O-])=CN1. The monoisotopic (exact) mass is 239 g/mol. The van der Waals surface area contributed by atoms with Crippen LogP contribution in [0.15, 0.2) is 16.9 Å². The predicted octanol–water partition coefficient (Wildman–Crippen LogP) is 0.258. The fourth-order valence-corrected chi connectivity index (χ4v) is 2.59. The molecular weight excluding hydrogens is 222 g/mol. The largest absolute Gasteiger partial charge is 0.370 e. The van der Waals surface area contributed by atoms with Crippen molar-refractivity contribution in [3.05, 3.63) is 22.0 Å². The Hall–Kier alpha value is -1.63. The Morgan fingerprint density at radius 3 is 2.71 bits per heavy atom. The highest BCUT2D eigenvalue weighted by atomic mass is 16.6. The lowest BCUT2D eigenvalue weighted by Crippen LogP contribution is -2.55. The quantitative estimate of drug-likeness (QED) is 0.471. The number of nitrogens with two attached hydrogens (primary N) is 2. The number of rotatable bonds is 2. The van der Waals surface area contributed by atoms with Gasteiger partial charge in [-0.25, -0.2) is 4.99 Å². The summed E-state index contributed by atoms with van der Waals surface area (Å²) in [7, 11) is 0. The van der Waals surface area contributed by atoms with Crippen LogP contribution in [0, 0.1) is 16.0 Å². The maximum absolute atomic E-state index is 11.0. The first-order valence-electron chi connectivity index (χ1n) is 5.80. The van der Waals surface area contributed by atoms with Gasteiger partial charge in [0.15, 0.2) is 5.96 Å². The third-order valence-electron chi connectivity index (χ3n) is 3.50. The summed E-state index contributed by atoms with van der Waals surface area (Å²) in [6, 6.07) is 0. The van der Waals surface area contributed by atoms with Crippen molar-refractivity contribution in [1.82, 2.24) is 5.32 Å². The molecule has 5 N–H and O–H groups in total. The second-order valence-electron chi connectivity index (χ2n) is 4.59. The standard InChI is InChI=1S/C10H17N5O2/c11-9-13-6-8(15(16)17)10(12,14-9)7-4-2-1-3-5-7/h6-7H,1-5,12H2,(H3,11,13,14). The lowest BCUT2D eigenvalue weighted by Gasteiger charge is -2.35. The number of hydrogen-bond donors (Lipinski definition) is 3.